The molecule has 74 heavy (non-hydrogen) atoms. The highest BCUT2D eigenvalue weighted by atomic mass is 19.1. The molecule has 16 heteroatoms. The maximum atomic E-state index is 13.8. The van der Waals surface area contributed by atoms with E-state index < -0.39 is 47.5 Å². The normalized spacial score (nSPS) is 15.9. The van der Waals surface area contributed by atoms with Crippen molar-refractivity contribution in [2.45, 2.75) is 49.5 Å². The minimum Gasteiger partial charge on any atom is -0.388 e. The van der Waals surface area contributed by atoms with E-state index in [4.69, 9.17) is 19.9 Å². The van der Waals surface area contributed by atoms with Crippen LogP contribution in [0.15, 0.2) is 170 Å². The highest BCUT2D eigenvalue weighted by Crippen LogP contribution is 2.49. The van der Waals surface area contributed by atoms with Crippen molar-refractivity contribution in [3.8, 4) is 0 Å². The number of aliphatic hydroxyl groups excluding tert-OH is 2. The quantitative estimate of drug-likeness (QED) is 0.0272. The zero-order chi connectivity index (χ0) is 51.8. The van der Waals surface area contributed by atoms with Crippen molar-refractivity contribution in [1.29, 1.82) is 0 Å². The summed E-state index contributed by atoms with van der Waals surface area (Å²) in [6, 6.07) is 44.3. The lowest BCUT2D eigenvalue weighted by atomic mass is 9.74. The van der Waals surface area contributed by atoms with E-state index >= 15 is 0 Å². The molecule has 7 aromatic rings. The fraction of sp³-hybridized carbons (Fsp3) is 0.259. The van der Waals surface area contributed by atoms with Crippen LogP contribution in [0, 0.1) is 17.6 Å². The number of aliphatic hydroxyl groups is 2. The molecule has 0 saturated carbocycles. The Kier molecular flexibility index (Phi) is 18.3. The van der Waals surface area contributed by atoms with Gasteiger partial charge < -0.3 is 45.7 Å². The standard InChI is InChI=1S/C58H58F2N6O8/c59-42-21-19-39(20-22-42)50(67)28-27-47-55(66(58(47)71)44-25-23-43(60)24-26-44)40-17-15-38(16-18-40)35-64-51(68)36-73-33-31-72-32-34-74-37-52(69)65-48-13-5-4-11-45(48)53(46-12-8-30-63-57(46)61)54(49-14-6-7-29-62-49)56(70)41-9-2-1-3-10-41/h1-26,29-30,47,50,53-56,67,70H,27-28,31-37H2,(H2,61,63)(H,64,68)(H,65,69). The second kappa shape index (κ2) is 25.8. The van der Waals surface area contributed by atoms with E-state index in [1.807, 2.05) is 97.1 Å². The van der Waals surface area contributed by atoms with Gasteiger partial charge in [-0.15, -0.1) is 0 Å². The monoisotopic (exact) mass is 1000 g/mol. The van der Waals surface area contributed by atoms with Crippen LogP contribution in [-0.4, -0.2) is 77.5 Å². The summed E-state index contributed by atoms with van der Waals surface area (Å²) in [5.41, 5.74) is 12.5. The molecule has 0 bridgehead atoms. The molecule has 3 amide bonds. The van der Waals surface area contributed by atoms with Crippen molar-refractivity contribution < 1.29 is 47.6 Å². The second-order valence-electron chi connectivity index (χ2n) is 17.8. The Labute approximate surface area is 428 Å². The molecule has 3 heterocycles. The zero-order valence-corrected chi connectivity index (χ0v) is 40.5. The molecular weight excluding hydrogens is 947 g/mol. The van der Waals surface area contributed by atoms with Crippen molar-refractivity contribution in [1.82, 2.24) is 15.3 Å². The Bertz CT molecular complexity index is 2920. The number of nitrogens with zero attached hydrogens (tertiary/aromatic N) is 3. The lowest BCUT2D eigenvalue weighted by Gasteiger charge is -2.48. The third-order valence-electron chi connectivity index (χ3n) is 13.0. The van der Waals surface area contributed by atoms with E-state index in [-0.39, 0.29) is 76.3 Å². The Hall–Kier alpha value is -7.73. The van der Waals surface area contributed by atoms with Crippen molar-refractivity contribution in [3.63, 3.8) is 0 Å². The number of carbonyl (C=O) groups is 3. The van der Waals surface area contributed by atoms with Gasteiger partial charge in [-0.25, -0.2) is 13.8 Å². The number of anilines is 3. The Morgan fingerprint density at radius 3 is 1.97 bits per heavy atom. The van der Waals surface area contributed by atoms with E-state index in [1.54, 1.807) is 41.6 Å². The lowest BCUT2D eigenvalue weighted by molar-refractivity contribution is -0.131. The summed E-state index contributed by atoms with van der Waals surface area (Å²) in [5.74, 6) is -3.09. The highest BCUT2D eigenvalue weighted by Gasteiger charge is 2.48. The average Bonchev–Trinajstić information content (AvgIpc) is 3.42. The largest absolute Gasteiger partial charge is 0.388 e. The Morgan fingerprint density at radius 2 is 1.28 bits per heavy atom. The molecule has 1 aliphatic heterocycles. The number of hydrogen-bond donors (Lipinski definition) is 5. The van der Waals surface area contributed by atoms with Crippen LogP contribution in [-0.2, 0) is 35.1 Å². The summed E-state index contributed by atoms with van der Waals surface area (Å²) >= 11 is 0. The molecule has 6 N–H and O–H groups in total. The van der Waals surface area contributed by atoms with Crippen molar-refractivity contribution in [2.24, 2.45) is 5.92 Å². The first-order valence-corrected chi connectivity index (χ1v) is 24.4. The topological polar surface area (TPSA) is 198 Å². The molecule has 1 fully saturated rings. The molecule has 1 aliphatic rings. The minimum atomic E-state index is -1.01. The molecule has 5 aromatic carbocycles. The van der Waals surface area contributed by atoms with E-state index in [1.165, 1.54) is 36.4 Å². The first-order chi connectivity index (χ1) is 36.0. The summed E-state index contributed by atoms with van der Waals surface area (Å²) in [6.07, 6.45) is 2.05. The zero-order valence-electron chi connectivity index (χ0n) is 40.5. The number of nitrogen functional groups attached to an aromatic ring is 1. The van der Waals surface area contributed by atoms with Crippen molar-refractivity contribution in [3.05, 3.63) is 221 Å². The van der Waals surface area contributed by atoms with Crippen LogP contribution in [0.4, 0.5) is 26.0 Å². The summed E-state index contributed by atoms with van der Waals surface area (Å²) in [5, 5.41) is 28.7. The number of nitrogens with two attached hydrogens (primary N) is 1. The first-order valence-electron chi connectivity index (χ1n) is 24.4. The first kappa shape index (κ1) is 52.6. The van der Waals surface area contributed by atoms with Gasteiger partial charge in [-0.05, 0) is 101 Å². The number of nitrogens with one attached hydrogen (secondary N) is 2. The Morgan fingerprint density at radius 1 is 0.662 bits per heavy atom. The molecule has 382 valence electrons. The van der Waals surface area contributed by atoms with Crippen LogP contribution in [0.5, 0.6) is 0 Å². The number of aromatic nitrogens is 2. The molecule has 14 nitrogen and oxygen atoms in total. The van der Waals surface area contributed by atoms with Gasteiger partial charge in [0.2, 0.25) is 17.7 Å². The fourth-order valence-electron chi connectivity index (χ4n) is 9.30. The van der Waals surface area contributed by atoms with Gasteiger partial charge in [0.1, 0.15) is 30.7 Å². The predicted octanol–water partition coefficient (Wildman–Crippen LogP) is 8.51. The third-order valence-corrected chi connectivity index (χ3v) is 13.0. The van der Waals surface area contributed by atoms with Crippen LogP contribution in [0.3, 0.4) is 0 Å². The number of halogens is 2. The smallest absolute Gasteiger partial charge is 0.250 e. The highest BCUT2D eigenvalue weighted by molar-refractivity contribution is 6.03. The molecule has 0 radical (unpaired) electrons. The van der Waals surface area contributed by atoms with E-state index in [2.05, 4.69) is 20.6 Å². The van der Waals surface area contributed by atoms with Crippen LogP contribution >= 0.6 is 0 Å². The van der Waals surface area contributed by atoms with Gasteiger partial charge in [-0.1, -0.05) is 97.1 Å². The van der Waals surface area contributed by atoms with E-state index in [9.17, 15) is 33.4 Å². The van der Waals surface area contributed by atoms with Gasteiger partial charge in [0, 0.05) is 53.4 Å². The third kappa shape index (κ3) is 13.5. The number of ether oxygens (including phenoxy) is 3. The summed E-state index contributed by atoms with van der Waals surface area (Å²) in [6.45, 7) is 0.419. The molecule has 0 spiro atoms. The van der Waals surface area contributed by atoms with Gasteiger partial charge in [0.05, 0.1) is 50.6 Å². The molecule has 6 atom stereocenters. The minimum absolute atomic E-state index is 0.122. The summed E-state index contributed by atoms with van der Waals surface area (Å²) < 4.78 is 44.0. The molecule has 6 unspecified atom stereocenters. The predicted molar refractivity (Wildman–Crippen MR) is 275 cm³/mol. The van der Waals surface area contributed by atoms with E-state index in [0.29, 0.717) is 45.7 Å². The van der Waals surface area contributed by atoms with Gasteiger partial charge in [0.15, 0.2) is 0 Å². The van der Waals surface area contributed by atoms with Gasteiger partial charge >= 0.3 is 0 Å². The molecule has 0 aliphatic carbocycles. The number of rotatable bonds is 25. The van der Waals surface area contributed by atoms with Gasteiger partial charge in [-0.2, -0.15) is 0 Å². The number of para-hydroxylation sites is 1. The number of carbonyl (C=O) groups excluding carboxylic acids is 3. The number of amides is 3. The van der Waals surface area contributed by atoms with Crippen molar-refractivity contribution >= 4 is 34.9 Å². The maximum absolute atomic E-state index is 13.8. The second-order valence-corrected chi connectivity index (χ2v) is 17.8. The van der Waals surface area contributed by atoms with Crippen LogP contribution in [0.1, 0.15) is 82.0 Å². The number of β-lactam (4-membered cyclic amide) rings is 1. The average molecular weight is 1010 g/mol. The van der Waals surface area contributed by atoms with Gasteiger partial charge in [-0.3, -0.25) is 19.4 Å². The molecule has 8 rings (SSSR count). The number of hydrogen-bond acceptors (Lipinski definition) is 11. The van der Waals surface area contributed by atoms with Gasteiger partial charge in [0.25, 0.3) is 0 Å². The number of benzene rings is 5. The van der Waals surface area contributed by atoms with Crippen LogP contribution in [0.2, 0.25) is 0 Å². The maximum Gasteiger partial charge on any atom is 0.250 e. The molecular formula is C58H58F2N6O8. The SMILES string of the molecule is Nc1ncccc1C(c1ccccc1NC(=O)COCCOCCOCC(=O)NCc1ccc(C2C(CCC(O)c3ccc(F)cc3)C(=O)N2c2ccc(F)cc2)cc1)C(c1ccccn1)C(O)c1ccccc1. The molecule has 2 aromatic heterocycles. The number of pyridine rings is 2. The summed E-state index contributed by atoms with van der Waals surface area (Å²) in [4.78, 5) is 50.1. The molecule has 1 saturated heterocycles. The fourth-order valence-corrected chi connectivity index (χ4v) is 9.30. The van der Waals surface area contributed by atoms with Crippen LogP contribution < -0.4 is 21.3 Å². The van der Waals surface area contributed by atoms with Crippen LogP contribution in [0.25, 0.3) is 0 Å². The van der Waals surface area contributed by atoms with E-state index in [0.717, 1.165) is 11.1 Å². The summed E-state index contributed by atoms with van der Waals surface area (Å²) in [7, 11) is 0. The Balaban J connectivity index is 0.769. The lowest BCUT2D eigenvalue weighted by Crippen LogP contribution is -2.55. The van der Waals surface area contributed by atoms with Crippen molar-refractivity contribution in [2.75, 3.05) is 55.6 Å².